The minimum absolute atomic E-state index is 0.0983. The Morgan fingerprint density at radius 2 is 1.32 bits per heavy atom. The Morgan fingerprint density at radius 3 is 1.92 bits per heavy atom. The molecule has 2 fully saturated rings. The van der Waals surface area contributed by atoms with Gasteiger partial charge in [0.15, 0.2) is 6.29 Å². The number of thioether (sulfide) groups is 1. The van der Waals surface area contributed by atoms with E-state index in [9.17, 15) is 0 Å². The summed E-state index contributed by atoms with van der Waals surface area (Å²) in [6.07, 6.45) is 1.43. The molecule has 0 amide bonds. The lowest BCUT2D eigenvalue weighted by Crippen LogP contribution is -2.49. The van der Waals surface area contributed by atoms with Crippen LogP contribution in [0.15, 0.2) is 0 Å². The van der Waals surface area contributed by atoms with Crippen LogP contribution >= 0.6 is 11.8 Å². The smallest absolute Gasteiger partial charge is 0.160 e. The summed E-state index contributed by atoms with van der Waals surface area (Å²) in [7, 11) is 0. The Bertz CT molecular complexity index is 403. The molecule has 2 aliphatic heterocycles. The Kier molecular flexibility index (Phi) is 8.12. The Balaban J connectivity index is 1.96. The largest absolute Gasteiger partial charge is 0.361 e. The number of ether oxygens (including phenoxy) is 3. The molecule has 25 heavy (non-hydrogen) atoms. The summed E-state index contributed by atoms with van der Waals surface area (Å²) >= 11 is 1.93. The first-order valence-electron chi connectivity index (χ1n) is 10.4. The van der Waals surface area contributed by atoms with Gasteiger partial charge < -0.3 is 14.2 Å². The van der Waals surface area contributed by atoms with Gasteiger partial charge in [0.2, 0.25) is 0 Å². The molecule has 4 unspecified atom stereocenters. The molecule has 0 aromatic carbocycles. The summed E-state index contributed by atoms with van der Waals surface area (Å²) in [5.41, 5.74) is 0.289. The lowest BCUT2D eigenvalue weighted by molar-refractivity contribution is -0.263. The van der Waals surface area contributed by atoms with Crippen molar-refractivity contribution in [3.63, 3.8) is 0 Å². The number of hydrogen-bond donors (Lipinski definition) is 0. The van der Waals surface area contributed by atoms with Gasteiger partial charge in [-0.15, -0.1) is 11.8 Å². The van der Waals surface area contributed by atoms with Crippen molar-refractivity contribution in [3.05, 3.63) is 0 Å². The van der Waals surface area contributed by atoms with Crippen LogP contribution in [-0.4, -0.2) is 36.3 Å². The first-order valence-corrected chi connectivity index (χ1v) is 11.4. The minimum atomic E-state index is -0.0983. The van der Waals surface area contributed by atoms with Crippen molar-refractivity contribution < 1.29 is 14.2 Å². The fourth-order valence-corrected chi connectivity index (χ4v) is 5.47. The summed E-state index contributed by atoms with van der Waals surface area (Å²) in [5, 5.41) is 0. The molecule has 0 aromatic rings. The second-order valence-corrected chi connectivity index (χ2v) is 9.81. The van der Waals surface area contributed by atoms with E-state index in [0.29, 0.717) is 48.2 Å². The number of hydrogen-bond acceptors (Lipinski definition) is 4. The molecule has 0 spiro atoms. The SMILES string of the molecule is CCS[C@@H]1OC(CO[C@@H]2OC(CC)[C@H](C)[C@H](C)C2C)[C@H](C)[C@H](C)C1C. The zero-order valence-corrected chi connectivity index (χ0v) is 18.3. The third kappa shape index (κ3) is 4.75. The molecule has 0 aromatic heterocycles. The predicted octanol–water partition coefficient (Wildman–Crippen LogP) is 5.43. The van der Waals surface area contributed by atoms with Crippen LogP contribution in [0.5, 0.6) is 0 Å². The molecule has 2 heterocycles. The fourth-order valence-electron chi connectivity index (χ4n) is 4.37. The van der Waals surface area contributed by atoms with Gasteiger partial charge in [0, 0.05) is 5.92 Å². The molecular weight excluding hydrogens is 332 g/mol. The van der Waals surface area contributed by atoms with Gasteiger partial charge in [-0.05, 0) is 41.8 Å². The van der Waals surface area contributed by atoms with Gasteiger partial charge in [-0.2, -0.15) is 0 Å². The predicted molar refractivity (Wildman–Crippen MR) is 107 cm³/mol. The van der Waals surface area contributed by atoms with E-state index in [1.807, 2.05) is 11.8 Å². The van der Waals surface area contributed by atoms with E-state index < -0.39 is 0 Å². The molecule has 4 heteroatoms. The lowest BCUT2D eigenvalue weighted by atomic mass is 9.78. The van der Waals surface area contributed by atoms with Gasteiger partial charge in [-0.1, -0.05) is 55.4 Å². The maximum atomic E-state index is 6.43. The summed E-state index contributed by atoms with van der Waals surface area (Å²) in [5.74, 6) is 4.49. The molecule has 0 saturated carbocycles. The topological polar surface area (TPSA) is 27.7 Å². The van der Waals surface area contributed by atoms with Crippen LogP contribution in [0, 0.1) is 35.5 Å². The highest BCUT2D eigenvalue weighted by Crippen LogP contribution is 2.41. The zero-order chi connectivity index (χ0) is 18.7. The maximum Gasteiger partial charge on any atom is 0.160 e. The summed E-state index contributed by atoms with van der Waals surface area (Å²) in [6, 6.07) is 0. The molecule has 2 aliphatic rings. The second-order valence-electron chi connectivity index (χ2n) is 8.44. The van der Waals surface area contributed by atoms with E-state index in [4.69, 9.17) is 14.2 Å². The molecule has 3 nitrogen and oxygen atoms in total. The Hall–Kier alpha value is 0.230. The molecule has 0 aliphatic carbocycles. The molecule has 0 bridgehead atoms. The summed E-state index contributed by atoms with van der Waals surface area (Å²) < 4.78 is 19.0. The highest BCUT2D eigenvalue weighted by atomic mass is 32.2. The summed E-state index contributed by atoms with van der Waals surface area (Å²) in [6.45, 7) is 19.0. The van der Waals surface area contributed by atoms with Gasteiger partial charge in [0.05, 0.1) is 18.8 Å². The van der Waals surface area contributed by atoms with E-state index in [1.165, 1.54) is 0 Å². The van der Waals surface area contributed by atoms with Crippen molar-refractivity contribution >= 4 is 11.8 Å². The van der Waals surface area contributed by atoms with Crippen molar-refractivity contribution in [1.29, 1.82) is 0 Å². The van der Waals surface area contributed by atoms with Crippen LogP contribution in [0.4, 0.5) is 0 Å². The first-order chi connectivity index (χ1) is 11.8. The van der Waals surface area contributed by atoms with E-state index in [1.54, 1.807) is 0 Å². The van der Waals surface area contributed by atoms with Gasteiger partial charge in [-0.3, -0.25) is 0 Å². The molecule has 2 rings (SSSR count). The minimum Gasteiger partial charge on any atom is -0.361 e. The standard InChI is InChI=1S/C21H40O3S/c1-9-18-14(5)12(3)16(7)20(23-18)22-11-19-15(6)13(4)17(8)21(24-19)25-10-2/h12-21H,9-11H2,1-8H3/t12-,13-,14+,15+,16?,17?,18?,19?,20+,21-/m0/s1. The molecule has 148 valence electrons. The van der Waals surface area contributed by atoms with Crippen LogP contribution in [0.2, 0.25) is 0 Å². The van der Waals surface area contributed by atoms with Gasteiger partial charge in [0.25, 0.3) is 0 Å². The Morgan fingerprint density at radius 1 is 0.720 bits per heavy atom. The Labute approximate surface area is 159 Å². The van der Waals surface area contributed by atoms with Crippen molar-refractivity contribution in [2.45, 2.75) is 85.7 Å². The van der Waals surface area contributed by atoms with Crippen molar-refractivity contribution in [2.24, 2.45) is 35.5 Å². The van der Waals surface area contributed by atoms with Crippen LogP contribution in [0.1, 0.15) is 61.8 Å². The fraction of sp³-hybridized carbons (Fsp3) is 1.00. The van der Waals surface area contributed by atoms with E-state index in [-0.39, 0.29) is 17.8 Å². The monoisotopic (exact) mass is 372 g/mol. The van der Waals surface area contributed by atoms with Crippen LogP contribution in [0.3, 0.4) is 0 Å². The van der Waals surface area contributed by atoms with Crippen LogP contribution in [0.25, 0.3) is 0 Å². The van der Waals surface area contributed by atoms with E-state index >= 15 is 0 Å². The van der Waals surface area contributed by atoms with Crippen molar-refractivity contribution in [1.82, 2.24) is 0 Å². The molecule has 0 N–H and O–H groups in total. The van der Waals surface area contributed by atoms with Gasteiger partial charge in [-0.25, -0.2) is 0 Å². The highest BCUT2D eigenvalue weighted by Gasteiger charge is 2.42. The van der Waals surface area contributed by atoms with Gasteiger partial charge >= 0.3 is 0 Å². The molecule has 10 atom stereocenters. The van der Waals surface area contributed by atoms with Gasteiger partial charge in [0.1, 0.15) is 5.44 Å². The zero-order valence-electron chi connectivity index (χ0n) is 17.5. The van der Waals surface area contributed by atoms with E-state index in [0.717, 1.165) is 12.2 Å². The molecular formula is C21H40O3S. The second kappa shape index (κ2) is 9.43. The average Bonchev–Trinajstić information content (AvgIpc) is 2.60. The van der Waals surface area contributed by atoms with Crippen molar-refractivity contribution in [3.8, 4) is 0 Å². The molecule has 2 saturated heterocycles. The average molecular weight is 373 g/mol. The quantitative estimate of drug-likeness (QED) is 0.621. The van der Waals surface area contributed by atoms with Crippen LogP contribution < -0.4 is 0 Å². The number of rotatable bonds is 6. The normalized spacial score (nSPS) is 48.5. The van der Waals surface area contributed by atoms with Crippen LogP contribution in [-0.2, 0) is 14.2 Å². The summed E-state index contributed by atoms with van der Waals surface area (Å²) in [4.78, 5) is 0. The third-order valence-corrected chi connectivity index (χ3v) is 8.33. The maximum absolute atomic E-state index is 6.43. The molecule has 0 radical (unpaired) electrons. The third-order valence-electron chi connectivity index (χ3n) is 7.12. The van der Waals surface area contributed by atoms with Crippen molar-refractivity contribution in [2.75, 3.05) is 12.4 Å². The lowest BCUT2D eigenvalue weighted by Gasteiger charge is -2.46. The first kappa shape index (κ1) is 21.5. The highest BCUT2D eigenvalue weighted by molar-refractivity contribution is 7.99. The van der Waals surface area contributed by atoms with E-state index in [2.05, 4.69) is 55.4 Å².